The fourth-order valence-electron chi connectivity index (χ4n) is 2.08. The minimum atomic E-state index is 0. The van der Waals surface area contributed by atoms with Gasteiger partial charge in [0.1, 0.15) is 0 Å². The minimum absolute atomic E-state index is 0. The molecule has 0 fully saturated rings. The van der Waals surface area contributed by atoms with Gasteiger partial charge in [0.2, 0.25) is 0 Å². The molecule has 0 aromatic rings. The first-order valence-electron chi connectivity index (χ1n) is 7.39. The average molecular weight is 288 g/mol. The molecule has 0 aliphatic heterocycles. The number of rotatable bonds is 5. The third-order valence-electron chi connectivity index (χ3n) is 3.22. The Kier molecular flexibility index (Phi) is 6.13. The van der Waals surface area contributed by atoms with Crippen LogP contribution >= 0.6 is 0 Å². The molecule has 2 rings (SSSR count). The number of allylic oxidation sites excluding steroid dienone is 7. The maximum Gasteiger partial charge on any atom is 1.00 e. The lowest BCUT2D eigenvalue weighted by molar-refractivity contribution is 1.46. The van der Waals surface area contributed by atoms with E-state index in [0.29, 0.717) is 0 Å². The molecule has 0 bridgehead atoms. The number of nitrogens with zero attached hydrogens (tertiary/aromatic N) is 1. The molecule has 0 saturated heterocycles. The molecule has 0 N–H and O–H groups in total. The van der Waals surface area contributed by atoms with E-state index in [-0.39, 0.29) is 1.43 Å². The average Bonchev–Trinajstić information content (AvgIpc) is 2.78. The molecule has 0 atom stereocenters. The van der Waals surface area contributed by atoms with Crippen molar-refractivity contribution in [2.45, 2.75) is 6.92 Å². The van der Waals surface area contributed by atoms with Gasteiger partial charge < -0.3 is 0 Å². The van der Waals surface area contributed by atoms with E-state index in [1.165, 1.54) is 22.3 Å². The van der Waals surface area contributed by atoms with Crippen LogP contribution in [0.5, 0.6) is 0 Å². The van der Waals surface area contributed by atoms with Gasteiger partial charge in [0.25, 0.3) is 0 Å². The largest absolute Gasteiger partial charge is 1.00 e. The lowest BCUT2D eigenvalue weighted by Crippen LogP contribution is -1.69. The highest BCUT2D eigenvalue weighted by molar-refractivity contribution is 5.73. The van der Waals surface area contributed by atoms with E-state index in [1.54, 1.807) is 13.3 Å². The second-order valence-electron chi connectivity index (χ2n) is 5.03. The molecule has 1 heteroatoms. The molecular formula is C21H22N+. The van der Waals surface area contributed by atoms with E-state index in [4.69, 9.17) is 0 Å². The molecule has 0 heterocycles. The fourth-order valence-corrected chi connectivity index (χ4v) is 2.08. The van der Waals surface area contributed by atoms with Gasteiger partial charge in [-0.15, -0.1) is 0 Å². The minimum Gasteiger partial charge on any atom is -0.297 e. The maximum absolute atomic E-state index is 3.92. The van der Waals surface area contributed by atoms with Crippen molar-refractivity contribution in [3.63, 3.8) is 0 Å². The van der Waals surface area contributed by atoms with Crippen molar-refractivity contribution in [3.8, 4) is 11.1 Å². The third-order valence-corrected chi connectivity index (χ3v) is 3.22. The lowest BCUT2D eigenvalue weighted by atomic mass is 10.2. The monoisotopic (exact) mass is 288 g/mol. The molecule has 0 saturated carbocycles. The lowest BCUT2D eigenvalue weighted by Gasteiger charge is -1.85. The van der Waals surface area contributed by atoms with Crippen LogP contribution in [0.4, 0.5) is 0 Å². The smallest absolute Gasteiger partial charge is 0.297 e. The molecule has 2 aliphatic rings. The van der Waals surface area contributed by atoms with Gasteiger partial charge in [-0.1, -0.05) is 66.8 Å². The van der Waals surface area contributed by atoms with Crippen LogP contribution in [0.2, 0.25) is 0 Å². The summed E-state index contributed by atoms with van der Waals surface area (Å²) in [5, 5.41) is 0. The molecule has 2 aliphatic carbocycles. The Balaban J connectivity index is 0.00000264. The van der Waals surface area contributed by atoms with Crippen LogP contribution in [0, 0.1) is 0 Å². The van der Waals surface area contributed by atoms with E-state index in [0.717, 1.165) is 0 Å². The van der Waals surface area contributed by atoms with E-state index >= 15 is 0 Å². The molecule has 1 nitrogen and oxygen atoms in total. The van der Waals surface area contributed by atoms with Crippen molar-refractivity contribution in [1.29, 1.82) is 0 Å². The first kappa shape index (κ1) is 15.7. The Labute approximate surface area is 134 Å². The Morgan fingerprint density at radius 1 is 0.955 bits per heavy atom. The zero-order valence-electron chi connectivity index (χ0n) is 14.1. The molecule has 110 valence electrons. The highest BCUT2D eigenvalue weighted by Crippen LogP contribution is 2.25. The van der Waals surface area contributed by atoms with Crippen LogP contribution in [-0.4, -0.2) is 13.3 Å². The van der Waals surface area contributed by atoms with Gasteiger partial charge in [-0.25, -0.2) is 0 Å². The Bertz CT molecular complexity index is 690. The van der Waals surface area contributed by atoms with Crippen LogP contribution in [0.25, 0.3) is 17.2 Å². The maximum atomic E-state index is 3.92. The predicted molar refractivity (Wildman–Crippen MR) is 99.7 cm³/mol. The van der Waals surface area contributed by atoms with Crippen LogP contribution in [0.3, 0.4) is 0 Å². The zero-order chi connectivity index (χ0) is 15.6. The van der Waals surface area contributed by atoms with Crippen molar-refractivity contribution in [2.75, 3.05) is 7.05 Å². The topological polar surface area (TPSA) is 12.4 Å². The molecule has 0 spiro atoms. The molecule has 0 aromatic heterocycles. The normalized spacial score (nSPS) is 13.5. The Hall–Kier alpha value is -2.67. The predicted octanol–water partition coefficient (Wildman–Crippen LogP) is 5.68. The summed E-state index contributed by atoms with van der Waals surface area (Å²) in [5.41, 5.74) is 4.94. The molecule has 0 radical (unpaired) electrons. The number of fused-ring (bicyclic) bond motifs is 1. The van der Waals surface area contributed by atoms with Gasteiger partial charge in [0, 0.05) is 13.3 Å². The second-order valence-corrected chi connectivity index (χ2v) is 5.03. The molecule has 22 heavy (non-hydrogen) atoms. The summed E-state index contributed by atoms with van der Waals surface area (Å²) in [6, 6.07) is 14.9. The molecular weight excluding hydrogens is 266 g/mol. The summed E-state index contributed by atoms with van der Waals surface area (Å²) in [5.74, 6) is 0. The van der Waals surface area contributed by atoms with Gasteiger partial charge in [-0.3, -0.25) is 4.99 Å². The second kappa shape index (κ2) is 8.58. The molecule has 0 amide bonds. The van der Waals surface area contributed by atoms with Gasteiger partial charge >= 0.3 is 1.43 Å². The Morgan fingerprint density at radius 3 is 2.32 bits per heavy atom. The summed E-state index contributed by atoms with van der Waals surface area (Å²) in [6.45, 7) is 2.05. The molecule has 0 aromatic carbocycles. The van der Waals surface area contributed by atoms with E-state index < -0.39 is 0 Å². The van der Waals surface area contributed by atoms with E-state index in [9.17, 15) is 0 Å². The number of aliphatic imine (C=N–C) groups is 1. The molecule has 0 unspecified atom stereocenters. The van der Waals surface area contributed by atoms with Crippen molar-refractivity contribution in [1.82, 2.24) is 0 Å². The van der Waals surface area contributed by atoms with Gasteiger partial charge in [-0.2, -0.15) is 0 Å². The van der Waals surface area contributed by atoms with Crippen molar-refractivity contribution < 1.29 is 1.43 Å². The summed E-state index contributed by atoms with van der Waals surface area (Å²) < 4.78 is 0. The third kappa shape index (κ3) is 5.02. The van der Waals surface area contributed by atoms with Crippen LogP contribution in [-0.2, 0) is 0 Å². The number of hydrogen-bond donors (Lipinski definition) is 0. The van der Waals surface area contributed by atoms with E-state index in [1.807, 2.05) is 30.4 Å². The van der Waals surface area contributed by atoms with E-state index in [2.05, 4.69) is 66.5 Å². The first-order chi connectivity index (χ1) is 10.8. The van der Waals surface area contributed by atoms with Crippen molar-refractivity contribution in [3.05, 3.63) is 90.1 Å². The quantitative estimate of drug-likeness (QED) is 0.496. The first-order valence-corrected chi connectivity index (χ1v) is 7.39. The summed E-state index contributed by atoms with van der Waals surface area (Å²) in [6.07, 6.45) is 16.1. The van der Waals surface area contributed by atoms with Crippen LogP contribution in [0.15, 0.2) is 89.5 Å². The summed E-state index contributed by atoms with van der Waals surface area (Å²) in [4.78, 5) is 3.92. The number of hydrogen-bond acceptors (Lipinski definition) is 1. The van der Waals surface area contributed by atoms with Gasteiger partial charge in [0.15, 0.2) is 0 Å². The summed E-state index contributed by atoms with van der Waals surface area (Å²) in [7, 11) is 1.77. The Morgan fingerprint density at radius 2 is 1.64 bits per heavy atom. The SMILES string of the molecule is CN=C/C=C(C)/C=C/C=C/C=C/c1cc2cccccc-2c1.[H+]. The standard InChI is InChI=1S/C21H21N/c1-18(14-15-22-2)10-6-3-4-7-11-19-16-20-12-8-5-9-13-21(20)17-19/h3-17H,1-2H3/p+1/b4-3+,10-6+,11-7+,18-14+,22-15?. The summed E-state index contributed by atoms with van der Waals surface area (Å²) >= 11 is 0. The van der Waals surface area contributed by atoms with Crippen LogP contribution in [0.1, 0.15) is 13.9 Å². The van der Waals surface area contributed by atoms with Crippen molar-refractivity contribution >= 4 is 12.3 Å². The van der Waals surface area contributed by atoms with Crippen LogP contribution < -0.4 is 0 Å². The highest BCUT2D eigenvalue weighted by Gasteiger charge is 2.01. The van der Waals surface area contributed by atoms with Gasteiger partial charge in [-0.05, 0) is 47.4 Å². The van der Waals surface area contributed by atoms with Gasteiger partial charge in [0.05, 0.1) is 0 Å². The fraction of sp³-hybridized carbons (Fsp3) is 0.0952. The highest BCUT2D eigenvalue weighted by atomic mass is 14.6. The van der Waals surface area contributed by atoms with Crippen molar-refractivity contribution in [2.24, 2.45) is 4.99 Å². The zero-order valence-corrected chi connectivity index (χ0v) is 13.1.